The highest BCUT2D eigenvalue weighted by Crippen LogP contribution is 2.21. The van der Waals surface area contributed by atoms with Crippen LogP contribution >= 0.6 is 0 Å². The highest BCUT2D eigenvalue weighted by atomic mass is 19.1. The van der Waals surface area contributed by atoms with Crippen LogP contribution in [0.15, 0.2) is 54.6 Å². The number of fused-ring (bicyclic) bond motifs is 1. The quantitative estimate of drug-likeness (QED) is 0.881. The molecule has 4 heteroatoms. The molecule has 1 amide bonds. The molecule has 3 nitrogen and oxygen atoms in total. The molecule has 2 aromatic rings. The van der Waals surface area contributed by atoms with Crippen molar-refractivity contribution in [1.29, 1.82) is 0 Å². The molecule has 1 N–H and O–H groups in total. The van der Waals surface area contributed by atoms with E-state index in [0.717, 1.165) is 39.0 Å². The van der Waals surface area contributed by atoms with Crippen LogP contribution in [0.4, 0.5) is 4.39 Å². The lowest BCUT2D eigenvalue weighted by Gasteiger charge is -2.31. The molecule has 2 aliphatic rings. The maximum absolute atomic E-state index is 12.4. The van der Waals surface area contributed by atoms with Crippen LogP contribution < -0.4 is 5.32 Å². The zero-order chi connectivity index (χ0) is 18.2. The topological polar surface area (TPSA) is 32.3 Å². The molecule has 2 heterocycles. The van der Waals surface area contributed by atoms with Crippen molar-refractivity contribution in [2.75, 3.05) is 19.6 Å². The van der Waals surface area contributed by atoms with Crippen LogP contribution in [0.1, 0.15) is 31.8 Å². The van der Waals surface area contributed by atoms with Crippen LogP contribution in [-0.4, -0.2) is 30.4 Å². The molecule has 2 aliphatic heterocycles. The Kier molecular flexibility index (Phi) is 6.78. The Bertz CT molecular complexity index is 704. The molecule has 2 aromatic carbocycles. The van der Waals surface area contributed by atoms with Gasteiger partial charge in [-0.05, 0) is 61.5 Å². The summed E-state index contributed by atoms with van der Waals surface area (Å²) < 4.78 is 11.9. The standard InChI is InChI=1S/C16H22N2O.C6H5F.H2/c19-16(10-13-4-3-8-17-11-13)18-9-7-14-5-1-2-6-15(14)12-18;7-6-4-2-1-3-5-6;/h1-2,5-6,13,17H,3-4,7-12H2;1-5H;1H/t13-;;/m0../s1. The second-order valence-corrected chi connectivity index (χ2v) is 7.05. The molecule has 0 aliphatic carbocycles. The molecule has 4 rings (SSSR count). The first-order valence-electron chi connectivity index (χ1n) is 9.48. The largest absolute Gasteiger partial charge is 0.338 e. The summed E-state index contributed by atoms with van der Waals surface area (Å²) in [5.41, 5.74) is 2.73. The zero-order valence-corrected chi connectivity index (χ0v) is 15.2. The number of nitrogens with one attached hydrogen (secondary N) is 1. The van der Waals surface area contributed by atoms with Gasteiger partial charge in [-0.25, -0.2) is 4.39 Å². The van der Waals surface area contributed by atoms with E-state index in [1.807, 2.05) is 4.90 Å². The number of carbonyl (C=O) groups is 1. The fraction of sp³-hybridized carbons (Fsp3) is 0.409. The van der Waals surface area contributed by atoms with Crippen molar-refractivity contribution < 1.29 is 10.6 Å². The van der Waals surface area contributed by atoms with E-state index in [2.05, 4.69) is 29.6 Å². The lowest BCUT2D eigenvalue weighted by atomic mass is 9.94. The Labute approximate surface area is 156 Å². The van der Waals surface area contributed by atoms with Crippen molar-refractivity contribution in [3.05, 3.63) is 71.5 Å². The summed E-state index contributed by atoms with van der Waals surface area (Å²) in [6, 6.07) is 16.4. The van der Waals surface area contributed by atoms with Gasteiger partial charge in [0.2, 0.25) is 5.91 Å². The van der Waals surface area contributed by atoms with Gasteiger partial charge in [0.15, 0.2) is 0 Å². The molecule has 0 spiro atoms. The van der Waals surface area contributed by atoms with Crippen molar-refractivity contribution in [2.45, 2.75) is 32.2 Å². The Morgan fingerprint density at radius 2 is 1.85 bits per heavy atom. The van der Waals surface area contributed by atoms with Crippen molar-refractivity contribution in [3.63, 3.8) is 0 Å². The smallest absolute Gasteiger partial charge is 0.223 e. The van der Waals surface area contributed by atoms with Gasteiger partial charge in [-0.2, -0.15) is 0 Å². The summed E-state index contributed by atoms with van der Waals surface area (Å²) in [5.74, 6) is 0.698. The molecule has 0 bridgehead atoms. The number of piperidine rings is 1. The Morgan fingerprint density at radius 3 is 2.50 bits per heavy atom. The van der Waals surface area contributed by atoms with Gasteiger partial charge in [-0.1, -0.05) is 42.5 Å². The minimum atomic E-state index is -0.178. The molecule has 1 saturated heterocycles. The highest BCUT2D eigenvalue weighted by Gasteiger charge is 2.23. The molecule has 0 saturated carbocycles. The van der Waals surface area contributed by atoms with Crippen LogP contribution in [0.25, 0.3) is 0 Å². The lowest BCUT2D eigenvalue weighted by Crippen LogP contribution is -2.39. The van der Waals surface area contributed by atoms with E-state index in [4.69, 9.17) is 0 Å². The highest BCUT2D eigenvalue weighted by molar-refractivity contribution is 5.76. The van der Waals surface area contributed by atoms with Crippen LogP contribution in [0.3, 0.4) is 0 Å². The first-order chi connectivity index (χ1) is 12.7. The predicted octanol–water partition coefficient (Wildman–Crippen LogP) is 4.03. The van der Waals surface area contributed by atoms with Crippen molar-refractivity contribution in [2.24, 2.45) is 5.92 Å². The van der Waals surface area contributed by atoms with Crippen LogP contribution in [0.5, 0.6) is 0 Å². The molecule has 0 unspecified atom stereocenters. The van der Waals surface area contributed by atoms with Crippen molar-refractivity contribution >= 4 is 5.91 Å². The van der Waals surface area contributed by atoms with Gasteiger partial charge >= 0.3 is 0 Å². The Hall–Kier alpha value is -2.20. The lowest BCUT2D eigenvalue weighted by molar-refractivity contribution is -0.133. The molecular formula is C22H29FN2O. The molecule has 1 atom stereocenters. The number of hydrogen-bond acceptors (Lipinski definition) is 2. The maximum atomic E-state index is 12.4. The van der Waals surface area contributed by atoms with Crippen LogP contribution in [0, 0.1) is 11.7 Å². The summed E-state index contributed by atoms with van der Waals surface area (Å²) in [5, 5.41) is 3.39. The van der Waals surface area contributed by atoms with Gasteiger partial charge in [0.25, 0.3) is 0 Å². The summed E-state index contributed by atoms with van der Waals surface area (Å²) in [7, 11) is 0. The minimum Gasteiger partial charge on any atom is -0.338 e. The second kappa shape index (κ2) is 9.48. The van der Waals surface area contributed by atoms with Crippen LogP contribution in [-0.2, 0) is 17.8 Å². The van der Waals surface area contributed by atoms with E-state index in [1.54, 1.807) is 18.2 Å². The average Bonchev–Trinajstić information content (AvgIpc) is 2.69. The first kappa shape index (κ1) is 18.6. The summed E-state index contributed by atoms with van der Waals surface area (Å²) in [4.78, 5) is 14.4. The van der Waals surface area contributed by atoms with Gasteiger partial charge < -0.3 is 10.2 Å². The molecule has 0 aromatic heterocycles. The Morgan fingerprint density at radius 1 is 1.12 bits per heavy atom. The number of rotatable bonds is 2. The third-order valence-corrected chi connectivity index (χ3v) is 5.08. The van der Waals surface area contributed by atoms with E-state index in [1.165, 1.54) is 36.1 Å². The van der Waals surface area contributed by atoms with Gasteiger partial charge in [-0.15, -0.1) is 0 Å². The number of nitrogens with zero attached hydrogens (tertiary/aromatic N) is 1. The zero-order valence-electron chi connectivity index (χ0n) is 15.2. The second-order valence-electron chi connectivity index (χ2n) is 7.05. The van der Waals surface area contributed by atoms with E-state index in [-0.39, 0.29) is 7.24 Å². The van der Waals surface area contributed by atoms with Gasteiger partial charge in [0.05, 0.1) is 0 Å². The average molecular weight is 356 g/mol. The van der Waals surface area contributed by atoms with Gasteiger partial charge in [0.1, 0.15) is 5.82 Å². The summed E-state index contributed by atoms with van der Waals surface area (Å²) >= 11 is 0. The number of halogens is 1. The predicted molar refractivity (Wildman–Crippen MR) is 104 cm³/mol. The van der Waals surface area contributed by atoms with Gasteiger partial charge in [-0.3, -0.25) is 4.79 Å². The van der Waals surface area contributed by atoms with E-state index in [0.29, 0.717) is 11.8 Å². The van der Waals surface area contributed by atoms with E-state index in [9.17, 15) is 9.18 Å². The fourth-order valence-electron chi connectivity index (χ4n) is 3.60. The van der Waals surface area contributed by atoms with Crippen LogP contribution in [0.2, 0.25) is 0 Å². The number of hydrogen-bond donors (Lipinski definition) is 1. The van der Waals surface area contributed by atoms with Gasteiger partial charge in [0, 0.05) is 20.9 Å². The molecular weight excluding hydrogens is 327 g/mol. The maximum Gasteiger partial charge on any atom is 0.223 e. The monoisotopic (exact) mass is 356 g/mol. The molecule has 1 fully saturated rings. The Balaban J connectivity index is 0.000000278. The van der Waals surface area contributed by atoms with E-state index < -0.39 is 0 Å². The third kappa shape index (κ3) is 5.40. The third-order valence-electron chi connectivity index (χ3n) is 5.08. The summed E-state index contributed by atoms with van der Waals surface area (Å²) in [6.07, 6.45) is 4.13. The first-order valence-corrected chi connectivity index (χ1v) is 9.48. The molecule has 0 radical (unpaired) electrons. The number of benzene rings is 2. The molecule has 26 heavy (non-hydrogen) atoms. The van der Waals surface area contributed by atoms with Crippen molar-refractivity contribution in [1.82, 2.24) is 10.2 Å². The SMILES string of the molecule is Fc1ccccc1.O=C(C[C@@H]1CCCNC1)N1CCc2ccccc2C1.[HH]. The normalized spacial score (nSPS) is 19.1. The number of carbonyl (C=O) groups excluding carboxylic acids is 1. The number of amides is 1. The van der Waals surface area contributed by atoms with Crippen molar-refractivity contribution in [3.8, 4) is 0 Å². The summed E-state index contributed by atoms with van der Waals surface area (Å²) in [6.45, 7) is 3.81. The molecule has 140 valence electrons. The minimum absolute atomic E-state index is 0. The van der Waals surface area contributed by atoms with E-state index >= 15 is 0 Å². The fourth-order valence-corrected chi connectivity index (χ4v) is 3.60.